The molecule has 0 aromatic rings. The predicted octanol–water partition coefficient (Wildman–Crippen LogP) is 2.08. The van der Waals surface area contributed by atoms with Gasteiger partial charge in [0.2, 0.25) is 0 Å². The fourth-order valence-corrected chi connectivity index (χ4v) is 1.13. The van der Waals surface area contributed by atoms with Crippen molar-refractivity contribution in [1.29, 1.82) is 0 Å². The van der Waals surface area contributed by atoms with Crippen molar-refractivity contribution in [2.45, 2.75) is 32.8 Å². The third-order valence-corrected chi connectivity index (χ3v) is 1.61. The van der Waals surface area contributed by atoms with Crippen LogP contribution in [0.25, 0.3) is 0 Å². The standard InChI is InChI=1S/C10H18O3/c1-4-5-9(6-8(2)3)13-7-10(11)12/h4,8-9H,1,5-7H2,2-3H3,(H,11,12). The molecule has 0 amide bonds. The first-order valence-corrected chi connectivity index (χ1v) is 4.50. The molecule has 0 aliphatic heterocycles. The lowest BCUT2D eigenvalue weighted by Crippen LogP contribution is -2.19. The molecule has 0 radical (unpaired) electrons. The minimum Gasteiger partial charge on any atom is -0.480 e. The topological polar surface area (TPSA) is 46.5 Å². The van der Waals surface area contributed by atoms with Crippen molar-refractivity contribution < 1.29 is 14.6 Å². The van der Waals surface area contributed by atoms with Gasteiger partial charge in [-0.3, -0.25) is 0 Å². The van der Waals surface area contributed by atoms with Crippen molar-refractivity contribution in [3.8, 4) is 0 Å². The molecule has 0 fully saturated rings. The summed E-state index contributed by atoms with van der Waals surface area (Å²) < 4.78 is 5.18. The molecule has 3 nitrogen and oxygen atoms in total. The molecular formula is C10H18O3. The molecule has 76 valence electrons. The fourth-order valence-electron chi connectivity index (χ4n) is 1.13. The molecule has 3 heteroatoms. The SMILES string of the molecule is C=CCC(CC(C)C)OCC(=O)O. The molecule has 0 saturated heterocycles. The second-order valence-corrected chi connectivity index (χ2v) is 3.48. The Kier molecular flexibility index (Phi) is 6.24. The first-order valence-electron chi connectivity index (χ1n) is 4.50. The monoisotopic (exact) mass is 186 g/mol. The average Bonchev–Trinajstić information content (AvgIpc) is 1.99. The Hall–Kier alpha value is -0.830. The minimum absolute atomic E-state index is 0.00593. The highest BCUT2D eigenvalue weighted by atomic mass is 16.5. The molecular weight excluding hydrogens is 168 g/mol. The van der Waals surface area contributed by atoms with Gasteiger partial charge >= 0.3 is 5.97 Å². The van der Waals surface area contributed by atoms with E-state index in [2.05, 4.69) is 20.4 Å². The molecule has 1 atom stereocenters. The number of aliphatic carboxylic acids is 1. The molecule has 0 aromatic carbocycles. The van der Waals surface area contributed by atoms with Crippen LogP contribution in [0.15, 0.2) is 12.7 Å². The van der Waals surface area contributed by atoms with Crippen molar-refractivity contribution in [3.05, 3.63) is 12.7 Å². The number of hydrogen-bond acceptors (Lipinski definition) is 2. The van der Waals surface area contributed by atoms with Crippen molar-refractivity contribution in [3.63, 3.8) is 0 Å². The number of rotatable bonds is 7. The van der Waals surface area contributed by atoms with Crippen molar-refractivity contribution in [2.75, 3.05) is 6.61 Å². The highest BCUT2D eigenvalue weighted by molar-refractivity contribution is 5.68. The summed E-state index contributed by atoms with van der Waals surface area (Å²) in [6, 6.07) is 0. The third kappa shape index (κ3) is 7.53. The zero-order chi connectivity index (χ0) is 10.3. The summed E-state index contributed by atoms with van der Waals surface area (Å²) in [7, 11) is 0. The van der Waals surface area contributed by atoms with Crippen LogP contribution in [-0.2, 0) is 9.53 Å². The van der Waals surface area contributed by atoms with Gasteiger partial charge in [-0.15, -0.1) is 6.58 Å². The van der Waals surface area contributed by atoms with E-state index in [4.69, 9.17) is 9.84 Å². The van der Waals surface area contributed by atoms with Crippen LogP contribution in [0.5, 0.6) is 0 Å². The summed E-state index contributed by atoms with van der Waals surface area (Å²) in [4.78, 5) is 10.2. The van der Waals surface area contributed by atoms with Gasteiger partial charge < -0.3 is 9.84 Å². The van der Waals surface area contributed by atoms with E-state index in [9.17, 15) is 4.79 Å². The Morgan fingerprint density at radius 1 is 1.62 bits per heavy atom. The van der Waals surface area contributed by atoms with E-state index in [1.807, 2.05) is 0 Å². The maximum Gasteiger partial charge on any atom is 0.329 e. The van der Waals surface area contributed by atoms with Gasteiger partial charge in [-0.2, -0.15) is 0 Å². The minimum atomic E-state index is -0.919. The first kappa shape index (κ1) is 12.2. The van der Waals surface area contributed by atoms with Gasteiger partial charge in [0.1, 0.15) is 6.61 Å². The Labute approximate surface area is 79.4 Å². The predicted molar refractivity (Wildman–Crippen MR) is 51.6 cm³/mol. The highest BCUT2D eigenvalue weighted by Crippen LogP contribution is 2.11. The molecule has 0 bridgehead atoms. The normalized spacial score (nSPS) is 12.8. The van der Waals surface area contributed by atoms with E-state index in [1.54, 1.807) is 6.08 Å². The number of carbonyl (C=O) groups is 1. The molecule has 0 aliphatic rings. The van der Waals surface area contributed by atoms with Gasteiger partial charge in [0.25, 0.3) is 0 Å². The lowest BCUT2D eigenvalue weighted by atomic mass is 10.0. The summed E-state index contributed by atoms with van der Waals surface area (Å²) in [5, 5.41) is 8.41. The van der Waals surface area contributed by atoms with Crippen LogP contribution >= 0.6 is 0 Å². The lowest BCUT2D eigenvalue weighted by Gasteiger charge is -2.16. The van der Waals surface area contributed by atoms with Crippen LogP contribution in [0.2, 0.25) is 0 Å². The van der Waals surface area contributed by atoms with E-state index in [0.717, 1.165) is 6.42 Å². The van der Waals surface area contributed by atoms with E-state index >= 15 is 0 Å². The Morgan fingerprint density at radius 2 is 2.23 bits per heavy atom. The molecule has 13 heavy (non-hydrogen) atoms. The van der Waals surface area contributed by atoms with E-state index < -0.39 is 5.97 Å². The van der Waals surface area contributed by atoms with E-state index in [1.165, 1.54) is 0 Å². The first-order chi connectivity index (χ1) is 6.06. The van der Waals surface area contributed by atoms with Crippen LogP contribution in [0.1, 0.15) is 26.7 Å². The Morgan fingerprint density at radius 3 is 2.62 bits per heavy atom. The number of ether oxygens (including phenoxy) is 1. The zero-order valence-electron chi connectivity index (χ0n) is 8.32. The van der Waals surface area contributed by atoms with Crippen LogP contribution in [0.4, 0.5) is 0 Å². The molecule has 0 aromatic heterocycles. The molecule has 0 aliphatic carbocycles. The quantitative estimate of drug-likeness (QED) is 0.619. The number of hydrogen-bond donors (Lipinski definition) is 1. The van der Waals surface area contributed by atoms with Crippen molar-refractivity contribution in [2.24, 2.45) is 5.92 Å². The lowest BCUT2D eigenvalue weighted by molar-refractivity contribution is -0.144. The van der Waals surface area contributed by atoms with Gasteiger partial charge in [-0.05, 0) is 18.8 Å². The number of carboxylic acid groups (broad SMARTS) is 1. The summed E-state index contributed by atoms with van der Waals surface area (Å²) in [6.45, 7) is 7.56. The summed E-state index contributed by atoms with van der Waals surface area (Å²) in [5.41, 5.74) is 0. The van der Waals surface area contributed by atoms with Gasteiger partial charge in [0.15, 0.2) is 0 Å². The van der Waals surface area contributed by atoms with Gasteiger partial charge in [0.05, 0.1) is 6.10 Å². The van der Waals surface area contributed by atoms with E-state index in [0.29, 0.717) is 12.3 Å². The molecule has 0 spiro atoms. The van der Waals surface area contributed by atoms with Crippen LogP contribution < -0.4 is 0 Å². The third-order valence-electron chi connectivity index (χ3n) is 1.61. The fraction of sp³-hybridized carbons (Fsp3) is 0.700. The van der Waals surface area contributed by atoms with Gasteiger partial charge in [-0.25, -0.2) is 4.79 Å². The summed E-state index contributed by atoms with van der Waals surface area (Å²) in [5.74, 6) is -0.406. The highest BCUT2D eigenvalue weighted by Gasteiger charge is 2.11. The molecule has 0 rings (SSSR count). The maximum absolute atomic E-state index is 10.2. The Bertz CT molecular complexity index is 164. The van der Waals surface area contributed by atoms with Crippen molar-refractivity contribution >= 4 is 5.97 Å². The van der Waals surface area contributed by atoms with E-state index in [-0.39, 0.29) is 12.7 Å². The molecule has 0 heterocycles. The summed E-state index contributed by atoms with van der Waals surface area (Å²) >= 11 is 0. The second kappa shape index (κ2) is 6.66. The number of carboxylic acids is 1. The smallest absolute Gasteiger partial charge is 0.329 e. The Balaban J connectivity index is 3.79. The van der Waals surface area contributed by atoms with Crippen LogP contribution in [0, 0.1) is 5.92 Å². The molecule has 0 saturated carbocycles. The van der Waals surface area contributed by atoms with Gasteiger partial charge in [0, 0.05) is 0 Å². The maximum atomic E-state index is 10.2. The zero-order valence-corrected chi connectivity index (χ0v) is 8.32. The average molecular weight is 186 g/mol. The van der Waals surface area contributed by atoms with Gasteiger partial charge in [-0.1, -0.05) is 19.9 Å². The molecule has 1 N–H and O–H groups in total. The van der Waals surface area contributed by atoms with Crippen LogP contribution in [0.3, 0.4) is 0 Å². The molecule has 1 unspecified atom stereocenters. The largest absolute Gasteiger partial charge is 0.480 e. The summed E-state index contributed by atoms with van der Waals surface area (Å²) in [6.07, 6.45) is 3.34. The van der Waals surface area contributed by atoms with Crippen molar-refractivity contribution in [1.82, 2.24) is 0 Å². The van der Waals surface area contributed by atoms with Crippen LogP contribution in [-0.4, -0.2) is 23.8 Å². The second-order valence-electron chi connectivity index (χ2n) is 3.48.